The summed E-state index contributed by atoms with van der Waals surface area (Å²) < 4.78 is 10.9. The average molecular weight is 347 g/mol. The predicted molar refractivity (Wildman–Crippen MR) is 92.2 cm³/mol. The third-order valence-corrected chi connectivity index (χ3v) is 4.17. The van der Waals surface area contributed by atoms with E-state index in [1.165, 1.54) is 17.8 Å². The van der Waals surface area contributed by atoms with Gasteiger partial charge in [0.05, 0.1) is 5.25 Å². The number of nitrogen functional groups attached to an aromatic ring is 2. The van der Waals surface area contributed by atoms with Crippen molar-refractivity contribution in [3.05, 3.63) is 24.3 Å². The molecule has 0 bridgehead atoms. The summed E-state index contributed by atoms with van der Waals surface area (Å²) in [5.74, 6) is 1.63. The van der Waals surface area contributed by atoms with Crippen molar-refractivity contribution >= 4 is 35.0 Å². The standard InChI is InChI=1S/C15H17N5O3S/c1-8(24-15-19-12(16)7-13(17)20-15)14(21)18-9-2-3-10-11(6-9)23-5-4-22-10/h2-3,6-8H,4-5H2,1H3,(H,18,21)(H4,16,17,19,20). The molecule has 0 saturated carbocycles. The van der Waals surface area contributed by atoms with Gasteiger partial charge in [-0.05, 0) is 19.1 Å². The van der Waals surface area contributed by atoms with Gasteiger partial charge in [-0.3, -0.25) is 4.79 Å². The minimum absolute atomic E-state index is 0.193. The molecule has 3 rings (SSSR count). The lowest BCUT2D eigenvalue weighted by atomic mass is 10.2. The lowest BCUT2D eigenvalue weighted by molar-refractivity contribution is -0.115. The molecule has 9 heteroatoms. The second-order valence-electron chi connectivity index (χ2n) is 5.11. The molecule has 8 nitrogen and oxygen atoms in total. The van der Waals surface area contributed by atoms with Crippen molar-refractivity contribution in [2.75, 3.05) is 30.0 Å². The van der Waals surface area contributed by atoms with Crippen LogP contribution >= 0.6 is 11.8 Å². The van der Waals surface area contributed by atoms with Gasteiger partial charge in [0.1, 0.15) is 24.8 Å². The number of thioether (sulfide) groups is 1. The number of carbonyl (C=O) groups excluding carboxylic acids is 1. The van der Waals surface area contributed by atoms with Crippen LogP contribution < -0.4 is 26.3 Å². The summed E-state index contributed by atoms with van der Waals surface area (Å²) in [7, 11) is 0. The van der Waals surface area contributed by atoms with Gasteiger partial charge in [-0.25, -0.2) is 9.97 Å². The van der Waals surface area contributed by atoms with Crippen molar-refractivity contribution in [2.45, 2.75) is 17.3 Å². The van der Waals surface area contributed by atoms with Gasteiger partial charge in [0.25, 0.3) is 0 Å². The molecule has 0 spiro atoms. The van der Waals surface area contributed by atoms with E-state index < -0.39 is 5.25 Å². The van der Waals surface area contributed by atoms with E-state index in [4.69, 9.17) is 20.9 Å². The van der Waals surface area contributed by atoms with Gasteiger partial charge in [-0.2, -0.15) is 0 Å². The highest BCUT2D eigenvalue weighted by Crippen LogP contribution is 2.33. The monoisotopic (exact) mass is 347 g/mol. The Morgan fingerprint density at radius 2 is 1.83 bits per heavy atom. The molecule has 0 saturated heterocycles. The van der Waals surface area contributed by atoms with Crippen molar-refractivity contribution < 1.29 is 14.3 Å². The van der Waals surface area contributed by atoms with Gasteiger partial charge in [-0.1, -0.05) is 11.8 Å². The topological polar surface area (TPSA) is 125 Å². The van der Waals surface area contributed by atoms with Crippen LogP contribution in [0.3, 0.4) is 0 Å². The molecule has 24 heavy (non-hydrogen) atoms. The summed E-state index contributed by atoms with van der Waals surface area (Å²) >= 11 is 1.18. The third-order valence-electron chi connectivity index (χ3n) is 3.21. The Hall–Kier alpha value is -2.68. The van der Waals surface area contributed by atoms with Crippen molar-refractivity contribution in [3.8, 4) is 11.5 Å². The zero-order valence-electron chi connectivity index (χ0n) is 13.0. The number of fused-ring (bicyclic) bond motifs is 1. The average Bonchev–Trinajstić information content (AvgIpc) is 2.53. The largest absolute Gasteiger partial charge is 0.486 e. The van der Waals surface area contributed by atoms with Crippen molar-refractivity contribution in [2.24, 2.45) is 0 Å². The summed E-state index contributed by atoms with van der Waals surface area (Å²) in [6.07, 6.45) is 0. The molecule has 1 amide bonds. The number of benzene rings is 1. The summed E-state index contributed by atoms with van der Waals surface area (Å²) in [5.41, 5.74) is 11.9. The number of carbonyl (C=O) groups is 1. The van der Waals surface area contributed by atoms with E-state index in [2.05, 4.69) is 15.3 Å². The second kappa shape index (κ2) is 6.83. The van der Waals surface area contributed by atoms with E-state index >= 15 is 0 Å². The molecular formula is C15H17N5O3S. The van der Waals surface area contributed by atoms with Crippen LogP contribution in [0.1, 0.15) is 6.92 Å². The van der Waals surface area contributed by atoms with Crippen molar-refractivity contribution in [3.63, 3.8) is 0 Å². The number of amides is 1. The predicted octanol–water partition coefficient (Wildman–Crippen LogP) is 1.53. The highest BCUT2D eigenvalue weighted by Gasteiger charge is 2.18. The molecule has 126 valence electrons. The van der Waals surface area contributed by atoms with Crippen LogP contribution in [0.25, 0.3) is 0 Å². The third kappa shape index (κ3) is 3.80. The quantitative estimate of drug-likeness (QED) is 0.561. The van der Waals surface area contributed by atoms with Gasteiger partial charge in [0.15, 0.2) is 16.7 Å². The van der Waals surface area contributed by atoms with Crippen molar-refractivity contribution in [1.82, 2.24) is 9.97 Å². The molecule has 5 N–H and O–H groups in total. The van der Waals surface area contributed by atoms with E-state index in [0.29, 0.717) is 35.6 Å². The minimum Gasteiger partial charge on any atom is -0.486 e. The van der Waals surface area contributed by atoms with Crippen LogP contribution in [-0.2, 0) is 4.79 Å². The zero-order valence-corrected chi connectivity index (χ0v) is 13.8. The Labute approximate surface area is 142 Å². The molecule has 2 aromatic rings. The Morgan fingerprint density at radius 3 is 2.54 bits per heavy atom. The number of nitrogens with one attached hydrogen (secondary N) is 1. The summed E-state index contributed by atoms with van der Waals surface area (Å²) in [4.78, 5) is 20.4. The maximum absolute atomic E-state index is 12.3. The lowest BCUT2D eigenvalue weighted by Gasteiger charge is -2.19. The number of hydrogen-bond acceptors (Lipinski definition) is 8. The zero-order chi connectivity index (χ0) is 17.1. The first-order valence-corrected chi connectivity index (χ1v) is 8.16. The first-order chi connectivity index (χ1) is 11.5. The fourth-order valence-electron chi connectivity index (χ4n) is 2.09. The number of ether oxygens (including phenoxy) is 2. The summed E-state index contributed by atoms with van der Waals surface area (Å²) in [6.45, 7) is 2.77. The first-order valence-electron chi connectivity index (χ1n) is 7.28. The molecular weight excluding hydrogens is 330 g/mol. The highest BCUT2D eigenvalue weighted by molar-refractivity contribution is 8.00. The number of hydrogen-bond donors (Lipinski definition) is 3. The molecule has 0 aliphatic carbocycles. The van der Waals surface area contributed by atoms with Gasteiger partial charge in [0.2, 0.25) is 5.91 Å². The van der Waals surface area contributed by atoms with Gasteiger partial charge in [0, 0.05) is 17.8 Å². The van der Waals surface area contributed by atoms with Gasteiger partial charge in [-0.15, -0.1) is 0 Å². The van der Waals surface area contributed by atoms with Gasteiger partial charge >= 0.3 is 0 Å². The van der Waals surface area contributed by atoms with Crippen LogP contribution in [0.2, 0.25) is 0 Å². The molecule has 1 aliphatic rings. The van der Waals surface area contributed by atoms with E-state index in [9.17, 15) is 4.79 Å². The second-order valence-corrected chi connectivity index (χ2v) is 6.42. The SMILES string of the molecule is CC(Sc1nc(N)cc(N)n1)C(=O)Nc1ccc2c(c1)OCCO2. The maximum Gasteiger partial charge on any atom is 0.237 e. The van der Waals surface area contributed by atoms with Crippen LogP contribution in [0.5, 0.6) is 11.5 Å². The first kappa shape index (κ1) is 16.2. The van der Waals surface area contributed by atoms with Crippen LogP contribution in [0, 0.1) is 0 Å². The van der Waals surface area contributed by atoms with Crippen molar-refractivity contribution in [1.29, 1.82) is 0 Å². The number of anilines is 3. The smallest absolute Gasteiger partial charge is 0.237 e. The number of aromatic nitrogens is 2. The molecule has 1 unspecified atom stereocenters. The fraction of sp³-hybridized carbons (Fsp3) is 0.267. The molecule has 1 aromatic carbocycles. The Bertz CT molecular complexity index is 751. The van der Waals surface area contributed by atoms with E-state index in [-0.39, 0.29) is 17.5 Å². The normalized spacial score (nSPS) is 14.0. The van der Waals surface area contributed by atoms with Crippen LogP contribution in [0.4, 0.5) is 17.3 Å². The molecule has 1 atom stereocenters. The van der Waals surface area contributed by atoms with Gasteiger partial charge < -0.3 is 26.3 Å². The molecule has 1 aromatic heterocycles. The molecule has 1 aliphatic heterocycles. The van der Waals surface area contributed by atoms with Crippen LogP contribution in [-0.4, -0.2) is 34.3 Å². The Kier molecular flexibility index (Phi) is 4.61. The lowest BCUT2D eigenvalue weighted by Crippen LogP contribution is -2.23. The number of nitrogens with zero attached hydrogens (tertiary/aromatic N) is 2. The highest BCUT2D eigenvalue weighted by atomic mass is 32.2. The number of rotatable bonds is 4. The number of nitrogens with two attached hydrogens (primary N) is 2. The molecule has 0 radical (unpaired) electrons. The van der Waals surface area contributed by atoms with Crippen LogP contribution in [0.15, 0.2) is 29.4 Å². The van der Waals surface area contributed by atoms with E-state index in [0.717, 1.165) is 0 Å². The summed E-state index contributed by atoms with van der Waals surface area (Å²) in [6, 6.07) is 6.73. The fourth-order valence-corrected chi connectivity index (χ4v) is 2.89. The minimum atomic E-state index is -0.431. The Morgan fingerprint density at radius 1 is 1.17 bits per heavy atom. The molecule has 0 fully saturated rings. The van der Waals surface area contributed by atoms with E-state index in [1.54, 1.807) is 25.1 Å². The maximum atomic E-state index is 12.3. The van der Waals surface area contributed by atoms with E-state index in [1.807, 2.05) is 0 Å². The summed E-state index contributed by atoms with van der Waals surface area (Å²) in [5, 5.41) is 2.76. The Balaban J connectivity index is 1.65. The molecule has 2 heterocycles.